The van der Waals surface area contributed by atoms with E-state index in [0.717, 1.165) is 23.6 Å². The predicted molar refractivity (Wildman–Crippen MR) is 79.8 cm³/mol. The summed E-state index contributed by atoms with van der Waals surface area (Å²) in [5.41, 5.74) is -0.714. The van der Waals surface area contributed by atoms with Crippen LogP contribution in [0.25, 0.3) is 22.5 Å². The van der Waals surface area contributed by atoms with Gasteiger partial charge < -0.3 is 9.52 Å². The van der Waals surface area contributed by atoms with Gasteiger partial charge in [-0.1, -0.05) is 0 Å². The summed E-state index contributed by atoms with van der Waals surface area (Å²) in [5, 5.41) is 13.1. The van der Waals surface area contributed by atoms with Crippen molar-refractivity contribution in [2.24, 2.45) is 0 Å². The average Bonchev–Trinajstić information content (AvgIpc) is 3.10. The third kappa shape index (κ3) is 2.75. The number of aliphatic carboxylic acids is 1. The summed E-state index contributed by atoms with van der Waals surface area (Å²) in [6.07, 6.45) is -1.82. The number of hydrogen-bond donors (Lipinski definition) is 1. The Hall–Kier alpha value is -2.84. The number of carboxylic acid groups (broad SMARTS) is 1. The number of rotatable bonds is 4. The molecule has 1 fully saturated rings. The Morgan fingerprint density at radius 1 is 1.40 bits per heavy atom. The number of aromatic nitrogens is 3. The Kier molecular flexibility index (Phi) is 3.34. The highest BCUT2D eigenvalue weighted by Crippen LogP contribution is 2.46. The Labute approximate surface area is 138 Å². The van der Waals surface area contributed by atoms with Crippen molar-refractivity contribution < 1.29 is 27.5 Å². The summed E-state index contributed by atoms with van der Waals surface area (Å²) < 4.78 is 47.2. The molecule has 0 aliphatic heterocycles. The zero-order chi connectivity index (χ0) is 17.8. The standard InChI is InChI=1S/C16H12F3N3O3/c17-16(18,19)9-6-10(11-2-1-5-25-11)20-15-13(9)14(8-3-4-8)21-22(15)7-12(23)24/h1-2,5-6,8H,3-4,7H2,(H,23,24). The number of fused-ring (bicyclic) bond motifs is 1. The molecular formula is C16H12F3N3O3. The fourth-order valence-electron chi connectivity index (χ4n) is 2.85. The summed E-state index contributed by atoms with van der Waals surface area (Å²) >= 11 is 0. The molecule has 1 aliphatic carbocycles. The van der Waals surface area contributed by atoms with E-state index in [-0.39, 0.29) is 34.1 Å². The molecule has 130 valence electrons. The molecule has 0 atom stereocenters. The summed E-state index contributed by atoms with van der Waals surface area (Å²) in [6.45, 7) is -0.560. The molecule has 0 bridgehead atoms. The van der Waals surface area contributed by atoms with Gasteiger partial charge in [-0.2, -0.15) is 18.3 Å². The van der Waals surface area contributed by atoms with Crippen LogP contribution < -0.4 is 0 Å². The molecule has 0 spiro atoms. The zero-order valence-corrected chi connectivity index (χ0v) is 12.7. The highest BCUT2D eigenvalue weighted by molar-refractivity contribution is 5.87. The van der Waals surface area contributed by atoms with Gasteiger partial charge in [0.25, 0.3) is 0 Å². The second kappa shape index (κ2) is 5.33. The Morgan fingerprint density at radius 2 is 2.16 bits per heavy atom. The monoisotopic (exact) mass is 351 g/mol. The summed E-state index contributed by atoms with van der Waals surface area (Å²) in [5.74, 6) is -1.12. The quantitative estimate of drug-likeness (QED) is 0.776. The molecule has 0 aromatic carbocycles. The van der Waals surface area contributed by atoms with Crippen LogP contribution in [0.3, 0.4) is 0 Å². The fourth-order valence-corrected chi connectivity index (χ4v) is 2.85. The summed E-state index contributed by atoms with van der Waals surface area (Å²) in [6, 6.07) is 3.96. The minimum absolute atomic E-state index is 0.0151. The number of pyridine rings is 1. The number of halogens is 3. The number of carbonyl (C=O) groups is 1. The highest BCUT2D eigenvalue weighted by atomic mass is 19.4. The van der Waals surface area contributed by atoms with E-state index in [0.29, 0.717) is 0 Å². The normalized spacial score (nSPS) is 15.0. The first-order valence-corrected chi connectivity index (χ1v) is 7.59. The Morgan fingerprint density at radius 3 is 2.72 bits per heavy atom. The van der Waals surface area contributed by atoms with Crippen LogP contribution in [-0.4, -0.2) is 25.8 Å². The number of nitrogens with zero attached hydrogens (tertiary/aromatic N) is 3. The van der Waals surface area contributed by atoms with Gasteiger partial charge >= 0.3 is 12.1 Å². The maximum absolute atomic E-state index is 13.7. The number of carboxylic acids is 1. The van der Waals surface area contributed by atoms with Gasteiger partial charge in [-0.05, 0) is 31.0 Å². The minimum atomic E-state index is -4.62. The van der Waals surface area contributed by atoms with Crippen LogP contribution in [0.5, 0.6) is 0 Å². The number of alkyl halides is 3. The van der Waals surface area contributed by atoms with Crippen LogP contribution in [0.1, 0.15) is 30.0 Å². The maximum atomic E-state index is 13.7. The van der Waals surface area contributed by atoms with E-state index in [1.54, 1.807) is 6.07 Å². The first-order valence-electron chi connectivity index (χ1n) is 7.59. The van der Waals surface area contributed by atoms with E-state index >= 15 is 0 Å². The van der Waals surface area contributed by atoms with E-state index in [9.17, 15) is 18.0 Å². The number of hydrogen-bond acceptors (Lipinski definition) is 4. The lowest BCUT2D eigenvalue weighted by Crippen LogP contribution is -2.12. The van der Waals surface area contributed by atoms with Crippen LogP contribution in [-0.2, 0) is 17.5 Å². The second-order valence-electron chi connectivity index (χ2n) is 5.94. The van der Waals surface area contributed by atoms with Crippen molar-refractivity contribution in [3.63, 3.8) is 0 Å². The molecule has 0 amide bonds. The first-order chi connectivity index (χ1) is 11.8. The van der Waals surface area contributed by atoms with Crippen molar-refractivity contribution in [3.05, 3.63) is 35.7 Å². The lowest BCUT2D eigenvalue weighted by molar-refractivity contribution is -0.138. The van der Waals surface area contributed by atoms with Crippen LogP contribution in [0.2, 0.25) is 0 Å². The molecule has 1 saturated carbocycles. The molecule has 0 radical (unpaired) electrons. The summed E-state index contributed by atoms with van der Waals surface area (Å²) in [7, 11) is 0. The van der Waals surface area contributed by atoms with Crippen molar-refractivity contribution in [1.82, 2.24) is 14.8 Å². The molecule has 3 aromatic rings. The van der Waals surface area contributed by atoms with Crippen LogP contribution >= 0.6 is 0 Å². The largest absolute Gasteiger partial charge is 0.480 e. The first kappa shape index (κ1) is 15.7. The van der Waals surface area contributed by atoms with Gasteiger partial charge in [-0.25, -0.2) is 9.67 Å². The minimum Gasteiger partial charge on any atom is -0.480 e. The fraction of sp³-hybridized carbons (Fsp3) is 0.312. The van der Waals surface area contributed by atoms with Crippen molar-refractivity contribution >= 4 is 17.0 Å². The average molecular weight is 351 g/mol. The van der Waals surface area contributed by atoms with Gasteiger partial charge in [0, 0.05) is 5.92 Å². The highest BCUT2D eigenvalue weighted by Gasteiger charge is 2.39. The molecule has 4 rings (SSSR count). The van der Waals surface area contributed by atoms with Crippen molar-refractivity contribution in [2.75, 3.05) is 0 Å². The van der Waals surface area contributed by atoms with Crippen LogP contribution in [0.4, 0.5) is 13.2 Å². The SMILES string of the molecule is O=C(O)Cn1nc(C2CC2)c2c(C(F)(F)F)cc(-c3ccco3)nc21. The van der Waals surface area contributed by atoms with Gasteiger partial charge in [0.05, 0.1) is 22.9 Å². The molecule has 25 heavy (non-hydrogen) atoms. The van der Waals surface area contributed by atoms with Gasteiger partial charge in [0.2, 0.25) is 0 Å². The van der Waals surface area contributed by atoms with Gasteiger partial charge in [0.1, 0.15) is 12.2 Å². The molecular weight excluding hydrogens is 339 g/mol. The van der Waals surface area contributed by atoms with E-state index in [2.05, 4.69) is 10.1 Å². The van der Waals surface area contributed by atoms with Crippen molar-refractivity contribution in [3.8, 4) is 11.5 Å². The van der Waals surface area contributed by atoms with E-state index in [1.165, 1.54) is 12.3 Å². The zero-order valence-electron chi connectivity index (χ0n) is 12.7. The third-order valence-electron chi connectivity index (χ3n) is 4.06. The summed E-state index contributed by atoms with van der Waals surface area (Å²) in [4.78, 5) is 15.3. The molecule has 9 heteroatoms. The van der Waals surface area contributed by atoms with Crippen LogP contribution in [0, 0.1) is 0 Å². The van der Waals surface area contributed by atoms with Crippen molar-refractivity contribution in [2.45, 2.75) is 31.5 Å². The maximum Gasteiger partial charge on any atom is 0.417 e. The third-order valence-corrected chi connectivity index (χ3v) is 4.06. The molecule has 3 heterocycles. The molecule has 1 N–H and O–H groups in total. The lowest BCUT2D eigenvalue weighted by atomic mass is 10.1. The van der Waals surface area contributed by atoms with Gasteiger partial charge in [-0.15, -0.1) is 0 Å². The van der Waals surface area contributed by atoms with E-state index in [1.807, 2.05) is 0 Å². The van der Waals surface area contributed by atoms with Gasteiger partial charge in [-0.3, -0.25) is 4.79 Å². The van der Waals surface area contributed by atoms with E-state index < -0.39 is 24.3 Å². The number of furan rings is 1. The molecule has 0 unspecified atom stereocenters. The predicted octanol–water partition coefficient (Wildman–Crippen LogP) is 3.67. The second-order valence-corrected chi connectivity index (χ2v) is 5.94. The molecule has 1 aliphatic rings. The lowest BCUT2D eigenvalue weighted by Gasteiger charge is -2.11. The van der Waals surface area contributed by atoms with Crippen molar-refractivity contribution in [1.29, 1.82) is 0 Å². The Balaban J connectivity index is 2.04. The Bertz CT molecular complexity index is 957. The topological polar surface area (TPSA) is 81.1 Å². The smallest absolute Gasteiger partial charge is 0.417 e. The molecule has 6 nitrogen and oxygen atoms in total. The molecule has 3 aromatic heterocycles. The molecule has 0 saturated heterocycles. The van der Waals surface area contributed by atoms with E-state index in [4.69, 9.17) is 9.52 Å². The van der Waals surface area contributed by atoms with Crippen LogP contribution in [0.15, 0.2) is 28.9 Å². The van der Waals surface area contributed by atoms with Gasteiger partial charge in [0.15, 0.2) is 11.4 Å².